The molecule has 15 heavy (non-hydrogen) atoms. The van der Waals surface area contributed by atoms with Crippen molar-refractivity contribution in [2.45, 2.75) is 13.3 Å². The van der Waals surface area contributed by atoms with Crippen LogP contribution >= 0.6 is 11.6 Å². The SMILES string of the molecule is CCc1nc(-c2ccc(Cl)cc2F)n[nH]1. The first-order valence-electron chi connectivity index (χ1n) is 4.57. The minimum Gasteiger partial charge on any atom is -0.263 e. The Morgan fingerprint density at radius 2 is 2.27 bits per heavy atom. The average molecular weight is 226 g/mol. The lowest BCUT2D eigenvalue weighted by atomic mass is 10.2. The zero-order valence-electron chi connectivity index (χ0n) is 8.09. The fourth-order valence-corrected chi connectivity index (χ4v) is 1.40. The van der Waals surface area contributed by atoms with Gasteiger partial charge in [-0.1, -0.05) is 18.5 Å². The molecule has 0 spiro atoms. The van der Waals surface area contributed by atoms with Crippen molar-refractivity contribution in [1.29, 1.82) is 0 Å². The first-order chi connectivity index (χ1) is 7.20. The highest BCUT2D eigenvalue weighted by Crippen LogP contribution is 2.22. The predicted molar refractivity (Wildman–Crippen MR) is 56.2 cm³/mol. The zero-order chi connectivity index (χ0) is 10.8. The lowest BCUT2D eigenvalue weighted by molar-refractivity contribution is 0.630. The highest BCUT2D eigenvalue weighted by atomic mass is 35.5. The second-order valence-electron chi connectivity index (χ2n) is 3.08. The molecule has 0 fully saturated rings. The zero-order valence-corrected chi connectivity index (χ0v) is 8.85. The molecule has 5 heteroatoms. The van der Waals surface area contributed by atoms with E-state index in [2.05, 4.69) is 15.2 Å². The summed E-state index contributed by atoms with van der Waals surface area (Å²) in [4.78, 5) is 4.14. The molecule has 0 bridgehead atoms. The van der Waals surface area contributed by atoms with Gasteiger partial charge in [0.2, 0.25) is 0 Å². The van der Waals surface area contributed by atoms with Crippen LogP contribution in [0.5, 0.6) is 0 Å². The summed E-state index contributed by atoms with van der Waals surface area (Å²) in [5.74, 6) is 0.685. The summed E-state index contributed by atoms with van der Waals surface area (Å²) >= 11 is 5.65. The lowest BCUT2D eigenvalue weighted by Gasteiger charge is -1.97. The van der Waals surface area contributed by atoms with E-state index in [4.69, 9.17) is 11.6 Å². The largest absolute Gasteiger partial charge is 0.263 e. The van der Waals surface area contributed by atoms with E-state index in [-0.39, 0.29) is 0 Å². The van der Waals surface area contributed by atoms with Crippen LogP contribution < -0.4 is 0 Å². The van der Waals surface area contributed by atoms with Gasteiger partial charge < -0.3 is 0 Å². The first kappa shape index (κ1) is 10.1. The molecule has 78 valence electrons. The molecule has 0 unspecified atom stereocenters. The van der Waals surface area contributed by atoms with Gasteiger partial charge in [0, 0.05) is 11.4 Å². The van der Waals surface area contributed by atoms with Gasteiger partial charge >= 0.3 is 0 Å². The Morgan fingerprint density at radius 3 is 2.87 bits per heavy atom. The molecule has 3 nitrogen and oxygen atoms in total. The third-order valence-corrected chi connectivity index (χ3v) is 2.27. The maximum Gasteiger partial charge on any atom is 0.184 e. The molecule has 0 amide bonds. The van der Waals surface area contributed by atoms with Crippen LogP contribution in [0.1, 0.15) is 12.7 Å². The van der Waals surface area contributed by atoms with Gasteiger partial charge in [-0.2, -0.15) is 5.10 Å². The number of halogens is 2. The molecule has 1 heterocycles. The quantitative estimate of drug-likeness (QED) is 0.854. The summed E-state index contributed by atoms with van der Waals surface area (Å²) in [6.07, 6.45) is 0.738. The fraction of sp³-hybridized carbons (Fsp3) is 0.200. The Hall–Kier alpha value is -1.42. The number of aryl methyl sites for hydroxylation is 1. The number of H-pyrrole nitrogens is 1. The van der Waals surface area contributed by atoms with E-state index < -0.39 is 5.82 Å². The van der Waals surface area contributed by atoms with Gasteiger partial charge in [-0.05, 0) is 18.2 Å². The van der Waals surface area contributed by atoms with E-state index >= 15 is 0 Å². The second kappa shape index (κ2) is 3.98. The third-order valence-electron chi connectivity index (χ3n) is 2.04. The van der Waals surface area contributed by atoms with Crippen LogP contribution in [0.15, 0.2) is 18.2 Å². The molecule has 0 atom stereocenters. The molecule has 2 aromatic rings. The Bertz CT molecular complexity index is 481. The molecular formula is C10H9ClFN3. The summed E-state index contributed by atoms with van der Waals surface area (Å²) in [5, 5.41) is 7.03. The van der Waals surface area contributed by atoms with Crippen LogP contribution in [-0.4, -0.2) is 15.2 Å². The van der Waals surface area contributed by atoms with Gasteiger partial charge in [-0.15, -0.1) is 0 Å². The maximum absolute atomic E-state index is 13.5. The lowest BCUT2D eigenvalue weighted by Crippen LogP contribution is -1.87. The first-order valence-corrected chi connectivity index (χ1v) is 4.95. The van der Waals surface area contributed by atoms with Crippen LogP contribution in [0.2, 0.25) is 5.02 Å². The Morgan fingerprint density at radius 1 is 1.47 bits per heavy atom. The molecule has 1 aromatic heterocycles. The van der Waals surface area contributed by atoms with Gasteiger partial charge in [-0.3, -0.25) is 5.10 Å². The summed E-state index contributed by atoms with van der Waals surface area (Å²) in [6.45, 7) is 1.95. The van der Waals surface area contributed by atoms with Gasteiger partial charge in [0.25, 0.3) is 0 Å². The molecule has 0 saturated carbocycles. The van der Waals surface area contributed by atoms with Crippen molar-refractivity contribution in [2.24, 2.45) is 0 Å². The standard InChI is InChI=1S/C10H9ClFN3/c1-2-9-13-10(15-14-9)7-4-3-6(11)5-8(7)12/h3-5H,2H2,1H3,(H,13,14,15). The summed E-state index contributed by atoms with van der Waals surface area (Å²) in [6, 6.07) is 4.43. The maximum atomic E-state index is 13.5. The highest BCUT2D eigenvalue weighted by Gasteiger charge is 2.10. The van der Waals surface area contributed by atoms with E-state index in [1.807, 2.05) is 6.92 Å². The van der Waals surface area contributed by atoms with Crippen LogP contribution in [0.4, 0.5) is 4.39 Å². The van der Waals surface area contributed by atoms with Crippen molar-refractivity contribution in [3.8, 4) is 11.4 Å². The van der Waals surface area contributed by atoms with E-state index in [0.29, 0.717) is 16.4 Å². The molecule has 2 rings (SSSR count). The number of nitrogens with one attached hydrogen (secondary N) is 1. The number of hydrogen-bond acceptors (Lipinski definition) is 2. The van der Waals surface area contributed by atoms with E-state index in [1.165, 1.54) is 6.07 Å². The number of rotatable bonds is 2. The molecule has 1 aromatic carbocycles. The predicted octanol–water partition coefficient (Wildman–Crippen LogP) is 2.83. The van der Waals surface area contributed by atoms with Crippen molar-refractivity contribution >= 4 is 11.6 Å². The van der Waals surface area contributed by atoms with E-state index in [9.17, 15) is 4.39 Å². The number of benzene rings is 1. The average Bonchev–Trinajstić information content (AvgIpc) is 2.66. The van der Waals surface area contributed by atoms with Gasteiger partial charge in [0.1, 0.15) is 11.6 Å². The van der Waals surface area contributed by atoms with Gasteiger partial charge in [0.05, 0.1) is 5.56 Å². The van der Waals surface area contributed by atoms with E-state index in [0.717, 1.165) is 12.2 Å². The molecule has 0 radical (unpaired) electrons. The van der Waals surface area contributed by atoms with Crippen LogP contribution in [0, 0.1) is 5.82 Å². The van der Waals surface area contributed by atoms with Crippen LogP contribution in [-0.2, 0) is 6.42 Å². The molecule has 0 aliphatic heterocycles. The third kappa shape index (κ3) is 1.99. The monoisotopic (exact) mass is 225 g/mol. The van der Waals surface area contributed by atoms with Gasteiger partial charge in [0.15, 0.2) is 5.82 Å². The summed E-state index contributed by atoms with van der Waals surface area (Å²) in [5.41, 5.74) is 0.357. The van der Waals surface area contributed by atoms with Crippen molar-refractivity contribution in [2.75, 3.05) is 0 Å². The minimum absolute atomic E-state index is 0.357. The van der Waals surface area contributed by atoms with Crippen molar-refractivity contribution in [3.63, 3.8) is 0 Å². The Labute approximate surface area is 91.3 Å². The smallest absolute Gasteiger partial charge is 0.184 e. The normalized spacial score (nSPS) is 10.6. The van der Waals surface area contributed by atoms with Crippen molar-refractivity contribution in [3.05, 3.63) is 34.9 Å². The summed E-state index contributed by atoms with van der Waals surface area (Å²) < 4.78 is 13.5. The highest BCUT2D eigenvalue weighted by molar-refractivity contribution is 6.30. The van der Waals surface area contributed by atoms with Crippen LogP contribution in [0.3, 0.4) is 0 Å². The van der Waals surface area contributed by atoms with Crippen molar-refractivity contribution in [1.82, 2.24) is 15.2 Å². The molecule has 0 aliphatic rings. The number of nitrogens with zero attached hydrogens (tertiary/aromatic N) is 2. The van der Waals surface area contributed by atoms with Crippen molar-refractivity contribution < 1.29 is 4.39 Å². The number of hydrogen-bond donors (Lipinski definition) is 1. The molecule has 1 N–H and O–H groups in total. The van der Waals surface area contributed by atoms with E-state index in [1.54, 1.807) is 12.1 Å². The molecule has 0 saturated heterocycles. The Balaban J connectivity index is 2.44. The Kier molecular flexibility index (Phi) is 2.68. The van der Waals surface area contributed by atoms with Crippen LogP contribution in [0.25, 0.3) is 11.4 Å². The summed E-state index contributed by atoms with van der Waals surface area (Å²) in [7, 11) is 0. The minimum atomic E-state index is -0.413. The number of aromatic amines is 1. The fourth-order valence-electron chi connectivity index (χ4n) is 1.24. The second-order valence-corrected chi connectivity index (χ2v) is 3.52. The number of aromatic nitrogens is 3. The molecular weight excluding hydrogens is 217 g/mol. The van der Waals surface area contributed by atoms with Gasteiger partial charge in [-0.25, -0.2) is 9.37 Å². The molecule has 0 aliphatic carbocycles. The topological polar surface area (TPSA) is 41.6 Å².